The summed E-state index contributed by atoms with van der Waals surface area (Å²) in [5.41, 5.74) is 8.52. The monoisotopic (exact) mass is 462 g/mol. The first-order chi connectivity index (χ1) is 16.5. The van der Waals surface area contributed by atoms with Crippen molar-refractivity contribution in [3.8, 4) is 23.0 Å². The van der Waals surface area contributed by atoms with E-state index in [0.29, 0.717) is 36.2 Å². The average molecular weight is 463 g/mol. The molecule has 0 aliphatic heterocycles. The smallest absolute Gasteiger partial charge is 0.275 e. The third kappa shape index (κ3) is 4.85. The average Bonchev–Trinajstić information content (AvgIpc) is 3.40. The van der Waals surface area contributed by atoms with Crippen molar-refractivity contribution in [2.45, 2.75) is 26.9 Å². The van der Waals surface area contributed by atoms with Crippen molar-refractivity contribution in [3.63, 3.8) is 0 Å². The van der Waals surface area contributed by atoms with Crippen molar-refractivity contribution in [1.82, 2.24) is 25.3 Å². The number of aryl methyl sites for hydroxylation is 1. The number of nitrogens with zero attached hydrogens (tertiary/aromatic N) is 4. The molecule has 1 amide bonds. The maximum absolute atomic E-state index is 12.6. The van der Waals surface area contributed by atoms with Gasteiger partial charge in [-0.1, -0.05) is 29.5 Å². The van der Waals surface area contributed by atoms with E-state index in [1.54, 1.807) is 7.11 Å². The Balaban J connectivity index is 1.46. The minimum atomic E-state index is -0.414. The highest BCUT2D eigenvalue weighted by Crippen LogP contribution is 2.31. The van der Waals surface area contributed by atoms with Crippen molar-refractivity contribution < 1.29 is 18.7 Å². The molecule has 4 rings (SSSR count). The fraction of sp³-hybridized carbons (Fsp3) is 0.250. The summed E-state index contributed by atoms with van der Waals surface area (Å²) in [5, 5.41) is 10.8. The van der Waals surface area contributed by atoms with E-state index in [2.05, 4.69) is 20.6 Å². The molecule has 2 aromatic carbocycles. The largest absolute Gasteiger partial charge is 0.497 e. The van der Waals surface area contributed by atoms with Gasteiger partial charge >= 0.3 is 0 Å². The fourth-order valence-corrected chi connectivity index (χ4v) is 3.36. The lowest BCUT2D eigenvalue weighted by Crippen LogP contribution is -2.24. The molecule has 3 N–H and O–H groups in total. The third-order valence-electron chi connectivity index (χ3n) is 5.21. The summed E-state index contributed by atoms with van der Waals surface area (Å²) in [7, 11) is 1.60. The van der Waals surface area contributed by atoms with Gasteiger partial charge in [0, 0.05) is 6.54 Å². The summed E-state index contributed by atoms with van der Waals surface area (Å²) in [4.78, 5) is 17.2. The number of oxazole rings is 1. The normalized spacial score (nSPS) is 10.8. The predicted octanol–water partition coefficient (Wildman–Crippen LogP) is 3.21. The Kier molecular flexibility index (Phi) is 6.77. The van der Waals surface area contributed by atoms with Crippen molar-refractivity contribution in [2.24, 2.45) is 0 Å². The Morgan fingerprint density at radius 1 is 1.18 bits per heavy atom. The van der Waals surface area contributed by atoms with Crippen LogP contribution in [0.1, 0.15) is 34.4 Å². The standard InChI is InChI=1S/C24H26N6O4/c1-4-33-20-8-6-5-7-18(20)24-27-19(15(2)34-24)14-30-22(25)21(28-29-30)23(31)26-13-16-9-11-17(32-3)12-10-16/h5-12H,4,13-14,25H2,1-3H3,(H,26,31). The zero-order valence-electron chi connectivity index (χ0n) is 19.2. The predicted molar refractivity (Wildman–Crippen MR) is 126 cm³/mol. The molecule has 0 spiro atoms. The zero-order valence-corrected chi connectivity index (χ0v) is 19.2. The first kappa shape index (κ1) is 22.8. The Morgan fingerprint density at radius 2 is 1.94 bits per heavy atom. The first-order valence-electron chi connectivity index (χ1n) is 10.8. The van der Waals surface area contributed by atoms with E-state index >= 15 is 0 Å². The number of aromatic nitrogens is 4. The molecule has 0 bridgehead atoms. The minimum Gasteiger partial charge on any atom is -0.497 e. The molecule has 0 aliphatic rings. The van der Waals surface area contributed by atoms with Gasteiger partial charge < -0.3 is 24.9 Å². The van der Waals surface area contributed by atoms with Gasteiger partial charge in [0.25, 0.3) is 5.91 Å². The molecule has 2 aromatic heterocycles. The molecule has 0 saturated carbocycles. The zero-order chi connectivity index (χ0) is 24.1. The molecular weight excluding hydrogens is 436 g/mol. The highest BCUT2D eigenvalue weighted by molar-refractivity contribution is 5.96. The molecule has 4 aromatic rings. The second-order valence-corrected chi connectivity index (χ2v) is 7.46. The molecule has 2 heterocycles. The van der Waals surface area contributed by atoms with Crippen LogP contribution in [0, 0.1) is 6.92 Å². The molecule has 0 saturated heterocycles. The number of nitrogens with two attached hydrogens (primary N) is 1. The van der Waals surface area contributed by atoms with Crippen LogP contribution in [-0.2, 0) is 13.1 Å². The summed E-state index contributed by atoms with van der Waals surface area (Å²) in [6.07, 6.45) is 0. The van der Waals surface area contributed by atoms with Gasteiger partial charge in [0.15, 0.2) is 11.5 Å². The maximum atomic E-state index is 12.6. The van der Waals surface area contributed by atoms with Gasteiger partial charge in [0.05, 0.1) is 25.8 Å². The van der Waals surface area contributed by atoms with Gasteiger partial charge in [-0.05, 0) is 43.7 Å². The second kappa shape index (κ2) is 10.1. The summed E-state index contributed by atoms with van der Waals surface area (Å²) < 4.78 is 18.1. The Morgan fingerprint density at radius 3 is 2.68 bits per heavy atom. The number of methoxy groups -OCH3 is 1. The lowest BCUT2D eigenvalue weighted by molar-refractivity contribution is 0.0946. The lowest BCUT2D eigenvalue weighted by Gasteiger charge is -2.06. The maximum Gasteiger partial charge on any atom is 0.275 e. The molecule has 0 atom stereocenters. The van der Waals surface area contributed by atoms with Gasteiger partial charge in [-0.2, -0.15) is 0 Å². The van der Waals surface area contributed by atoms with Crippen LogP contribution < -0.4 is 20.5 Å². The van der Waals surface area contributed by atoms with E-state index in [-0.39, 0.29) is 18.1 Å². The van der Waals surface area contributed by atoms with Crippen molar-refractivity contribution >= 4 is 11.7 Å². The number of nitrogen functional groups attached to an aromatic ring is 1. The number of anilines is 1. The third-order valence-corrected chi connectivity index (χ3v) is 5.21. The Bertz CT molecular complexity index is 1280. The first-order valence-corrected chi connectivity index (χ1v) is 10.8. The molecule has 0 unspecified atom stereocenters. The van der Waals surface area contributed by atoms with Gasteiger partial charge in [0.2, 0.25) is 5.89 Å². The number of hydrogen-bond donors (Lipinski definition) is 2. The molecule has 0 radical (unpaired) electrons. The number of hydrogen-bond acceptors (Lipinski definition) is 8. The number of amides is 1. The number of rotatable bonds is 9. The fourth-order valence-electron chi connectivity index (χ4n) is 3.36. The number of carbonyl (C=O) groups excluding carboxylic acids is 1. The van der Waals surface area contributed by atoms with E-state index in [0.717, 1.165) is 16.9 Å². The van der Waals surface area contributed by atoms with Crippen LogP contribution in [0.5, 0.6) is 11.5 Å². The van der Waals surface area contributed by atoms with Crippen LogP contribution in [0.3, 0.4) is 0 Å². The van der Waals surface area contributed by atoms with Crippen LogP contribution in [0.15, 0.2) is 52.9 Å². The van der Waals surface area contributed by atoms with E-state index in [1.165, 1.54) is 4.68 Å². The SMILES string of the molecule is CCOc1ccccc1-c1nc(Cn2nnc(C(=O)NCc3ccc(OC)cc3)c2N)c(C)o1. The molecule has 10 nitrogen and oxygen atoms in total. The van der Waals surface area contributed by atoms with Crippen molar-refractivity contribution in [2.75, 3.05) is 19.5 Å². The van der Waals surface area contributed by atoms with E-state index in [4.69, 9.17) is 19.6 Å². The van der Waals surface area contributed by atoms with Gasteiger partial charge in [0.1, 0.15) is 23.0 Å². The van der Waals surface area contributed by atoms with Crippen LogP contribution in [0.2, 0.25) is 0 Å². The molecule has 0 fully saturated rings. The topological polar surface area (TPSA) is 130 Å². The van der Waals surface area contributed by atoms with Gasteiger partial charge in [-0.3, -0.25) is 4.79 Å². The highest BCUT2D eigenvalue weighted by Gasteiger charge is 2.20. The number of carbonyl (C=O) groups is 1. The lowest BCUT2D eigenvalue weighted by atomic mass is 10.2. The van der Waals surface area contributed by atoms with E-state index in [1.807, 2.05) is 62.4 Å². The summed E-state index contributed by atoms with van der Waals surface area (Å²) in [6, 6.07) is 14.9. The number of para-hydroxylation sites is 1. The summed E-state index contributed by atoms with van der Waals surface area (Å²) >= 11 is 0. The van der Waals surface area contributed by atoms with Crippen LogP contribution >= 0.6 is 0 Å². The highest BCUT2D eigenvalue weighted by atomic mass is 16.5. The molecule has 0 aliphatic carbocycles. The van der Waals surface area contributed by atoms with Gasteiger partial charge in [-0.25, -0.2) is 9.67 Å². The van der Waals surface area contributed by atoms with Crippen LogP contribution in [0.4, 0.5) is 5.82 Å². The molecule has 176 valence electrons. The number of benzene rings is 2. The summed E-state index contributed by atoms with van der Waals surface area (Å²) in [6.45, 7) is 4.78. The number of ether oxygens (including phenoxy) is 2. The van der Waals surface area contributed by atoms with E-state index in [9.17, 15) is 4.79 Å². The Labute approximate surface area is 196 Å². The minimum absolute atomic E-state index is 0.0524. The van der Waals surface area contributed by atoms with Crippen LogP contribution in [0.25, 0.3) is 11.5 Å². The second-order valence-electron chi connectivity index (χ2n) is 7.46. The summed E-state index contributed by atoms with van der Waals surface area (Å²) in [5.74, 6) is 2.21. The van der Waals surface area contributed by atoms with Crippen LogP contribution in [-0.4, -0.2) is 39.6 Å². The molecular formula is C24H26N6O4. The molecule has 34 heavy (non-hydrogen) atoms. The van der Waals surface area contributed by atoms with Crippen molar-refractivity contribution in [3.05, 3.63) is 71.2 Å². The number of nitrogens with one attached hydrogen (secondary N) is 1. The van der Waals surface area contributed by atoms with Gasteiger partial charge in [-0.15, -0.1) is 5.10 Å². The molecule has 10 heteroatoms. The van der Waals surface area contributed by atoms with Crippen molar-refractivity contribution in [1.29, 1.82) is 0 Å². The quantitative estimate of drug-likeness (QED) is 0.388. The Hall–Kier alpha value is -4.34. The van der Waals surface area contributed by atoms with E-state index < -0.39 is 5.91 Å².